The largest absolute Gasteiger partial charge is 0.496 e. The van der Waals surface area contributed by atoms with Crippen LogP contribution in [0.1, 0.15) is 4.88 Å². The van der Waals surface area contributed by atoms with E-state index in [1.807, 2.05) is 36.7 Å². The van der Waals surface area contributed by atoms with Crippen molar-refractivity contribution >= 4 is 27.5 Å². The molecule has 0 bridgehead atoms. The molecule has 0 atom stereocenters. The molecule has 0 fully saturated rings. The maximum Gasteiger partial charge on any atom is 0.227 e. The van der Waals surface area contributed by atoms with Gasteiger partial charge in [-0.25, -0.2) is 15.4 Å². The monoisotopic (exact) mass is 354 g/mol. The predicted octanol–water partition coefficient (Wildman–Crippen LogP) is 2.77. The Bertz CT molecular complexity index is 967. The molecule has 8 heteroatoms. The molecule has 25 heavy (non-hydrogen) atoms. The van der Waals surface area contributed by atoms with Gasteiger partial charge in [0.25, 0.3) is 0 Å². The summed E-state index contributed by atoms with van der Waals surface area (Å²) in [4.78, 5) is 14.6. The summed E-state index contributed by atoms with van der Waals surface area (Å²) < 4.78 is 6.55. The van der Waals surface area contributed by atoms with Crippen LogP contribution in [0.2, 0.25) is 0 Å². The molecule has 0 unspecified atom stereocenters. The van der Waals surface area contributed by atoms with E-state index in [1.165, 1.54) is 0 Å². The molecule has 7 nitrogen and oxygen atoms in total. The van der Waals surface area contributed by atoms with Crippen LogP contribution >= 0.6 is 11.3 Å². The Morgan fingerprint density at radius 3 is 3.00 bits per heavy atom. The molecule has 0 radical (unpaired) electrons. The van der Waals surface area contributed by atoms with Crippen molar-refractivity contribution in [2.24, 2.45) is 0 Å². The van der Waals surface area contributed by atoms with Crippen LogP contribution in [0.4, 0.5) is 5.95 Å². The first-order chi connectivity index (χ1) is 12.2. The van der Waals surface area contributed by atoms with Gasteiger partial charge in [-0.1, -0.05) is 0 Å². The zero-order valence-electron chi connectivity index (χ0n) is 14.2. The van der Waals surface area contributed by atoms with Gasteiger partial charge in [-0.05, 0) is 13.0 Å². The van der Waals surface area contributed by atoms with Crippen molar-refractivity contribution in [2.45, 2.75) is 6.92 Å². The number of aromatic nitrogens is 3. The van der Waals surface area contributed by atoms with Gasteiger partial charge in [0.2, 0.25) is 5.95 Å². The lowest BCUT2D eigenvalue weighted by Gasteiger charge is -2.08. The molecular weight excluding hydrogens is 336 g/mol. The molecule has 3 aromatic heterocycles. The van der Waals surface area contributed by atoms with Crippen LogP contribution in [0.3, 0.4) is 0 Å². The third-order valence-corrected chi connectivity index (χ3v) is 5.05. The molecule has 0 saturated carbocycles. The van der Waals surface area contributed by atoms with Crippen molar-refractivity contribution in [2.75, 3.05) is 26.0 Å². The van der Waals surface area contributed by atoms with Gasteiger partial charge < -0.3 is 15.1 Å². The van der Waals surface area contributed by atoms with Gasteiger partial charge in [-0.15, -0.1) is 11.3 Å². The van der Waals surface area contributed by atoms with Crippen molar-refractivity contribution < 1.29 is 4.74 Å². The number of ether oxygens (including phenoxy) is 1. The minimum atomic E-state index is 0.581. The predicted molar refractivity (Wildman–Crippen MR) is 99.4 cm³/mol. The second kappa shape index (κ2) is 6.30. The minimum Gasteiger partial charge on any atom is -0.496 e. The van der Waals surface area contributed by atoms with Gasteiger partial charge in [-0.2, -0.15) is 0 Å². The SMILES string of the molecule is COc1ccncc1-c1c(C)sc2cnc(NC3=CN(C)NC3)nc12. The second-order valence-electron chi connectivity index (χ2n) is 5.74. The Labute approximate surface area is 149 Å². The summed E-state index contributed by atoms with van der Waals surface area (Å²) in [6, 6.07) is 1.86. The summed E-state index contributed by atoms with van der Waals surface area (Å²) in [6.45, 7) is 2.81. The molecule has 4 heterocycles. The number of hydrazine groups is 1. The van der Waals surface area contributed by atoms with Crippen LogP contribution in [0.5, 0.6) is 5.75 Å². The second-order valence-corrected chi connectivity index (χ2v) is 7.00. The van der Waals surface area contributed by atoms with E-state index < -0.39 is 0 Å². The zero-order chi connectivity index (χ0) is 17.4. The minimum absolute atomic E-state index is 0.581. The van der Waals surface area contributed by atoms with E-state index in [9.17, 15) is 0 Å². The fourth-order valence-electron chi connectivity index (χ4n) is 2.89. The number of anilines is 1. The molecule has 1 aliphatic rings. The topological polar surface area (TPSA) is 75.2 Å². The highest BCUT2D eigenvalue weighted by Crippen LogP contribution is 2.40. The van der Waals surface area contributed by atoms with Crippen molar-refractivity contribution in [3.8, 4) is 16.9 Å². The first-order valence-corrected chi connectivity index (χ1v) is 8.66. The number of hydrogen-bond donors (Lipinski definition) is 2. The summed E-state index contributed by atoms with van der Waals surface area (Å²) >= 11 is 1.67. The Balaban J connectivity index is 1.80. The van der Waals surface area contributed by atoms with Crippen molar-refractivity contribution in [3.05, 3.63) is 41.4 Å². The molecule has 2 N–H and O–H groups in total. The van der Waals surface area contributed by atoms with Crippen LogP contribution < -0.4 is 15.5 Å². The van der Waals surface area contributed by atoms with Crippen molar-refractivity contribution in [1.82, 2.24) is 25.4 Å². The number of thiophene rings is 1. The highest BCUT2D eigenvalue weighted by atomic mass is 32.1. The highest BCUT2D eigenvalue weighted by molar-refractivity contribution is 7.19. The Kier molecular flexibility index (Phi) is 3.98. The van der Waals surface area contributed by atoms with E-state index in [2.05, 4.69) is 27.6 Å². The summed E-state index contributed by atoms with van der Waals surface area (Å²) in [7, 11) is 3.62. The lowest BCUT2D eigenvalue weighted by atomic mass is 10.1. The highest BCUT2D eigenvalue weighted by Gasteiger charge is 2.18. The number of methoxy groups -OCH3 is 1. The number of rotatable bonds is 4. The first kappa shape index (κ1) is 15.8. The van der Waals surface area contributed by atoms with Crippen LogP contribution in [-0.4, -0.2) is 40.7 Å². The van der Waals surface area contributed by atoms with Gasteiger partial charge in [0, 0.05) is 41.6 Å². The molecule has 128 valence electrons. The van der Waals surface area contributed by atoms with Crippen LogP contribution in [0.15, 0.2) is 36.6 Å². The smallest absolute Gasteiger partial charge is 0.227 e. The normalized spacial score (nSPS) is 14.0. The lowest BCUT2D eigenvalue weighted by molar-refractivity contribution is 0.374. The Morgan fingerprint density at radius 1 is 1.36 bits per heavy atom. The fourth-order valence-corrected chi connectivity index (χ4v) is 3.88. The third kappa shape index (κ3) is 2.90. The van der Waals surface area contributed by atoms with Gasteiger partial charge in [-0.3, -0.25) is 4.98 Å². The number of pyridine rings is 1. The number of aryl methyl sites for hydroxylation is 1. The van der Waals surface area contributed by atoms with E-state index in [0.29, 0.717) is 5.95 Å². The van der Waals surface area contributed by atoms with Crippen LogP contribution in [-0.2, 0) is 0 Å². The van der Waals surface area contributed by atoms with Gasteiger partial charge in [0.1, 0.15) is 5.75 Å². The number of hydrogen-bond acceptors (Lipinski definition) is 8. The molecule has 0 amide bonds. The lowest BCUT2D eigenvalue weighted by Crippen LogP contribution is -2.24. The summed E-state index contributed by atoms with van der Waals surface area (Å²) in [6.07, 6.45) is 7.39. The van der Waals surface area contributed by atoms with Crippen LogP contribution in [0, 0.1) is 6.92 Å². The van der Waals surface area contributed by atoms with E-state index >= 15 is 0 Å². The fraction of sp³-hybridized carbons (Fsp3) is 0.235. The van der Waals surface area contributed by atoms with Gasteiger partial charge in [0.15, 0.2) is 0 Å². The summed E-state index contributed by atoms with van der Waals surface area (Å²) in [5, 5.41) is 5.18. The zero-order valence-corrected chi connectivity index (χ0v) is 15.0. The molecule has 0 aliphatic carbocycles. The average molecular weight is 354 g/mol. The molecule has 3 aromatic rings. The van der Waals surface area contributed by atoms with Crippen LogP contribution in [0.25, 0.3) is 21.3 Å². The van der Waals surface area contributed by atoms with E-state index in [0.717, 1.165) is 44.2 Å². The van der Waals surface area contributed by atoms with Gasteiger partial charge >= 0.3 is 0 Å². The van der Waals surface area contributed by atoms with E-state index in [4.69, 9.17) is 9.72 Å². The quantitative estimate of drug-likeness (QED) is 0.746. The summed E-state index contributed by atoms with van der Waals surface area (Å²) in [5.74, 6) is 1.37. The summed E-state index contributed by atoms with van der Waals surface area (Å²) in [5.41, 5.74) is 7.11. The maximum atomic E-state index is 5.51. The van der Waals surface area contributed by atoms with Crippen molar-refractivity contribution in [1.29, 1.82) is 0 Å². The maximum absolute atomic E-state index is 5.51. The standard InChI is InChI=1S/C17H18N6OS/c1-10-15(12-7-18-5-4-13(12)24-3)16-14(25-10)8-19-17(22-16)21-11-6-20-23(2)9-11/h4-5,7-9,20H,6H2,1-3H3,(H,19,21,22). The van der Waals surface area contributed by atoms with E-state index in [-0.39, 0.29) is 0 Å². The molecule has 1 aliphatic heterocycles. The first-order valence-electron chi connectivity index (χ1n) is 7.84. The molecular formula is C17H18N6OS. The van der Waals surface area contributed by atoms with E-state index in [1.54, 1.807) is 24.6 Å². The number of fused-ring (bicyclic) bond motifs is 1. The Morgan fingerprint density at radius 2 is 2.24 bits per heavy atom. The molecule has 0 spiro atoms. The van der Waals surface area contributed by atoms with Crippen molar-refractivity contribution in [3.63, 3.8) is 0 Å². The average Bonchev–Trinajstić information content (AvgIpc) is 3.16. The van der Waals surface area contributed by atoms with Gasteiger partial charge in [0.05, 0.1) is 35.8 Å². The molecule has 0 aromatic carbocycles. The third-order valence-electron chi connectivity index (χ3n) is 4.02. The number of nitrogens with zero attached hydrogens (tertiary/aromatic N) is 4. The number of nitrogens with one attached hydrogen (secondary N) is 2. The molecule has 4 rings (SSSR count). The Hall–Kier alpha value is -2.71. The molecule has 0 saturated heterocycles.